The van der Waals surface area contributed by atoms with E-state index in [4.69, 9.17) is 15.7 Å². The quantitative estimate of drug-likeness (QED) is 0.291. The summed E-state index contributed by atoms with van der Waals surface area (Å²) in [4.78, 5) is 11.5. The highest BCUT2D eigenvalue weighted by Gasteiger charge is 2.08. The summed E-state index contributed by atoms with van der Waals surface area (Å²) in [6.45, 7) is 0. The maximum absolute atomic E-state index is 8.85. The second-order valence-corrected chi connectivity index (χ2v) is 7.20. The van der Waals surface area contributed by atoms with Crippen LogP contribution in [0.3, 0.4) is 0 Å². The Bertz CT molecular complexity index is 1230. The number of aromatic nitrogens is 5. The van der Waals surface area contributed by atoms with Gasteiger partial charge in [-0.1, -0.05) is 23.9 Å². The highest BCUT2D eigenvalue weighted by molar-refractivity contribution is 7.98. The van der Waals surface area contributed by atoms with Gasteiger partial charge in [-0.15, -0.1) is 10.2 Å². The molecule has 2 aromatic heterocycles. The second-order valence-electron chi connectivity index (χ2n) is 6.43. The van der Waals surface area contributed by atoms with E-state index < -0.39 is 0 Å². The molecule has 9 nitrogen and oxygen atoms in total. The lowest BCUT2D eigenvalue weighted by molar-refractivity contribution is 0.456. The van der Waals surface area contributed by atoms with Crippen molar-refractivity contribution in [2.24, 2.45) is 0 Å². The zero-order valence-electron chi connectivity index (χ0n) is 16.5. The molecule has 0 saturated heterocycles. The largest absolute Gasteiger partial charge is 0.439 e. The first kappa shape index (κ1) is 20.2. The summed E-state index contributed by atoms with van der Waals surface area (Å²) in [5.41, 5.74) is 8.39. The normalized spacial score (nSPS) is 10.5. The molecule has 4 aromatic rings. The predicted molar refractivity (Wildman–Crippen MR) is 119 cm³/mol. The minimum atomic E-state index is 0.353. The number of thioether (sulfide) groups is 1. The van der Waals surface area contributed by atoms with Crippen LogP contribution >= 0.6 is 11.8 Å². The molecule has 0 amide bonds. The van der Waals surface area contributed by atoms with Crippen LogP contribution in [-0.4, -0.2) is 31.4 Å². The minimum Gasteiger partial charge on any atom is -0.439 e. The first-order chi connectivity index (χ1) is 15.1. The zero-order valence-corrected chi connectivity index (χ0v) is 17.3. The molecular formula is C21H18N8OS. The monoisotopic (exact) mass is 430 g/mol. The minimum absolute atomic E-state index is 0.353. The summed E-state index contributed by atoms with van der Waals surface area (Å²) in [6, 6.07) is 18.7. The van der Waals surface area contributed by atoms with Crippen LogP contribution in [0, 0.1) is 11.3 Å². The maximum Gasteiger partial charge on any atom is 0.226 e. The van der Waals surface area contributed by atoms with E-state index in [1.165, 1.54) is 11.8 Å². The summed E-state index contributed by atoms with van der Waals surface area (Å²) in [5.74, 6) is 2.46. The number of ether oxygens (including phenoxy) is 1. The summed E-state index contributed by atoms with van der Waals surface area (Å²) < 4.78 is 5.78. The van der Waals surface area contributed by atoms with Crippen LogP contribution in [0.4, 0.5) is 17.5 Å². The number of nitrogens with zero attached hydrogens (tertiary/aromatic N) is 5. The molecule has 0 aliphatic carbocycles. The number of anilines is 3. The Hall–Kier alpha value is -4.10. The molecule has 0 aliphatic rings. The van der Waals surface area contributed by atoms with Crippen LogP contribution < -0.4 is 15.8 Å². The van der Waals surface area contributed by atoms with Gasteiger partial charge in [-0.05, 0) is 48.2 Å². The van der Waals surface area contributed by atoms with Crippen molar-refractivity contribution in [2.45, 2.75) is 11.6 Å². The molecule has 31 heavy (non-hydrogen) atoms. The summed E-state index contributed by atoms with van der Waals surface area (Å²) >= 11 is 1.39. The van der Waals surface area contributed by atoms with E-state index in [9.17, 15) is 0 Å². The Morgan fingerprint density at radius 1 is 1.13 bits per heavy atom. The van der Waals surface area contributed by atoms with Crippen LogP contribution in [0.5, 0.6) is 11.6 Å². The van der Waals surface area contributed by atoms with Gasteiger partial charge in [0.25, 0.3) is 0 Å². The fraction of sp³-hybridized carbons (Fsp3) is 0.0952. The number of aromatic amines is 1. The maximum atomic E-state index is 8.85. The molecule has 4 rings (SSSR count). The highest BCUT2D eigenvalue weighted by atomic mass is 32.2. The van der Waals surface area contributed by atoms with Crippen molar-refractivity contribution in [3.8, 4) is 29.1 Å². The number of nitrogens with one attached hydrogen (secondary N) is 2. The average Bonchev–Trinajstić information content (AvgIpc) is 3.23. The lowest BCUT2D eigenvalue weighted by Crippen LogP contribution is -1.97. The molecule has 0 fully saturated rings. The third kappa shape index (κ3) is 5.09. The third-order valence-electron chi connectivity index (χ3n) is 4.19. The van der Waals surface area contributed by atoms with E-state index in [2.05, 4.69) is 36.5 Å². The molecule has 0 saturated carbocycles. The van der Waals surface area contributed by atoms with Gasteiger partial charge >= 0.3 is 0 Å². The molecule has 0 atom stereocenters. The van der Waals surface area contributed by atoms with Crippen molar-refractivity contribution in [1.29, 1.82) is 5.26 Å². The van der Waals surface area contributed by atoms with Gasteiger partial charge in [0.05, 0.1) is 12.5 Å². The summed E-state index contributed by atoms with van der Waals surface area (Å²) in [5, 5.41) is 20.9. The van der Waals surface area contributed by atoms with Crippen LogP contribution in [-0.2, 0) is 6.42 Å². The van der Waals surface area contributed by atoms with Crippen molar-refractivity contribution in [3.63, 3.8) is 0 Å². The Morgan fingerprint density at radius 3 is 2.74 bits per heavy atom. The lowest BCUT2D eigenvalue weighted by Gasteiger charge is -2.07. The molecular weight excluding hydrogens is 412 g/mol. The zero-order chi connectivity index (χ0) is 21.6. The van der Waals surface area contributed by atoms with Crippen LogP contribution in [0.1, 0.15) is 5.56 Å². The first-order valence-corrected chi connectivity index (χ1v) is 10.5. The van der Waals surface area contributed by atoms with Gasteiger partial charge in [-0.25, -0.2) is 4.98 Å². The lowest BCUT2D eigenvalue weighted by atomic mass is 10.1. The molecule has 154 valence electrons. The number of H-pyrrole nitrogens is 1. The van der Waals surface area contributed by atoms with Gasteiger partial charge < -0.3 is 20.8 Å². The fourth-order valence-corrected chi connectivity index (χ4v) is 3.18. The van der Waals surface area contributed by atoms with E-state index in [0.717, 1.165) is 16.8 Å². The molecule has 10 heteroatoms. The Balaban J connectivity index is 1.45. The van der Waals surface area contributed by atoms with E-state index in [-0.39, 0.29) is 0 Å². The van der Waals surface area contributed by atoms with Crippen molar-refractivity contribution in [1.82, 2.24) is 25.1 Å². The number of nitriles is 1. The van der Waals surface area contributed by atoms with Gasteiger partial charge in [-0.2, -0.15) is 10.2 Å². The molecule has 0 spiro atoms. The number of nitrogens with two attached hydrogens (primary N) is 1. The number of nitrogen functional groups attached to an aromatic ring is 1. The van der Waals surface area contributed by atoms with Crippen molar-refractivity contribution >= 4 is 29.2 Å². The van der Waals surface area contributed by atoms with E-state index in [0.29, 0.717) is 40.8 Å². The number of hydrogen-bond acceptors (Lipinski definition) is 9. The topological polar surface area (TPSA) is 138 Å². The van der Waals surface area contributed by atoms with Crippen molar-refractivity contribution in [2.75, 3.05) is 17.3 Å². The van der Waals surface area contributed by atoms with Gasteiger partial charge in [0.2, 0.25) is 11.8 Å². The van der Waals surface area contributed by atoms with E-state index in [1.807, 2.05) is 54.8 Å². The predicted octanol–water partition coefficient (Wildman–Crippen LogP) is 4.17. The van der Waals surface area contributed by atoms with Gasteiger partial charge in [-0.3, -0.25) is 0 Å². The van der Waals surface area contributed by atoms with Crippen molar-refractivity contribution < 1.29 is 4.74 Å². The Morgan fingerprint density at radius 2 is 1.97 bits per heavy atom. The molecule has 2 heterocycles. The Labute approximate surface area is 182 Å². The standard InChI is InChI=1S/C21H18N8OS/c1-31-21-25-17(23)12-18(26-21)30-16-7-5-14(6-8-16)19-27-20(29-28-19)24-15-4-2-3-13(11-15)9-10-22/h2-8,11-12H,9H2,1H3,(H2,23,25,26)(H2,24,27,28,29). The number of benzene rings is 2. The second kappa shape index (κ2) is 9.15. The number of hydrogen-bond donors (Lipinski definition) is 3. The molecule has 0 bridgehead atoms. The molecule has 0 unspecified atom stereocenters. The molecule has 4 N–H and O–H groups in total. The summed E-state index contributed by atoms with van der Waals surface area (Å²) in [6.07, 6.45) is 2.22. The van der Waals surface area contributed by atoms with Gasteiger partial charge in [0, 0.05) is 17.3 Å². The first-order valence-electron chi connectivity index (χ1n) is 9.25. The fourth-order valence-electron chi connectivity index (χ4n) is 2.80. The van der Waals surface area contributed by atoms with E-state index in [1.54, 1.807) is 6.07 Å². The third-order valence-corrected chi connectivity index (χ3v) is 4.74. The molecule has 0 radical (unpaired) electrons. The van der Waals surface area contributed by atoms with Crippen molar-refractivity contribution in [3.05, 3.63) is 60.2 Å². The average molecular weight is 430 g/mol. The smallest absolute Gasteiger partial charge is 0.226 e. The number of rotatable bonds is 7. The Kier molecular flexibility index (Phi) is 5.96. The van der Waals surface area contributed by atoms with Gasteiger partial charge in [0.15, 0.2) is 11.0 Å². The van der Waals surface area contributed by atoms with Crippen LogP contribution in [0.15, 0.2) is 59.8 Å². The highest BCUT2D eigenvalue weighted by Crippen LogP contribution is 2.26. The van der Waals surface area contributed by atoms with Crippen LogP contribution in [0.25, 0.3) is 11.4 Å². The summed E-state index contributed by atoms with van der Waals surface area (Å²) in [7, 11) is 0. The van der Waals surface area contributed by atoms with E-state index >= 15 is 0 Å². The molecule has 0 aliphatic heterocycles. The SMILES string of the molecule is CSc1nc(N)cc(Oc2ccc(-c3nnc(Nc4cccc(CC#N)c4)[nH]3)cc2)n1. The molecule has 2 aromatic carbocycles. The van der Waals surface area contributed by atoms with Gasteiger partial charge in [0.1, 0.15) is 11.6 Å². The van der Waals surface area contributed by atoms with Crippen LogP contribution in [0.2, 0.25) is 0 Å².